The number of carbonyl (C=O) groups is 1. The summed E-state index contributed by atoms with van der Waals surface area (Å²) in [7, 11) is 0. The second kappa shape index (κ2) is 6.39. The fourth-order valence-electron chi connectivity index (χ4n) is 1.82. The summed E-state index contributed by atoms with van der Waals surface area (Å²) in [6.07, 6.45) is -4.54. The van der Waals surface area contributed by atoms with Gasteiger partial charge in [0.1, 0.15) is 0 Å². The number of amides is 2. The summed E-state index contributed by atoms with van der Waals surface area (Å²) in [5.74, 6) is 1.25. The lowest BCUT2D eigenvalue weighted by atomic mass is 10.1. The highest BCUT2D eigenvalue weighted by molar-refractivity contribution is 8.00. The van der Waals surface area contributed by atoms with Gasteiger partial charge in [-0.15, -0.1) is 10.2 Å². The average molecular weight is 340 g/mol. The van der Waals surface area contributed by atoms with Gasteiger partial charge in [0.15, 0.2) is 0 Å². The summed E-state index contributed by atoms with van der Waals surface area (Å²) in [6.45, 7) is 5.32. The van der Waals surface area contributed by atoms with E-state index in [1.807, 2.05) is 11.8 Å². The van der Waals surface area contributed by atoms with Crippen molar-refractivity contribution >= 4 is 34.3 Å². The van der Waals surface area contributed by atoms with Gasteiger partial charge in [-0.1, -0.05) is 25.2 Å². The molecule has 2 amide bonds. The lowest BCUT2D eigenvalue weighted by molar-refractivity contribution is -0.138. The molecule has 1 aromatic heterocycles. The molecule has 0 aromatic carbocycles. The van der Waals surface area contributed by atoms with E-state index in [1.54, 1.807) is 4.90 Å². The van der Waals surface area contributed by atoms with Gasteiger partial charge in [-0.25, -0.2) is 4.79 Å². The molecule has 2 rings (SSSR count). The first-order chi connectivity index (χ1) is 9.77. The zero-order valence-electron chi connectivity index (χ0n) is 11.5. The number of alkyl halides is 3. The number of thioether (sulfide) groups is 1. The highest BCUT2D eigenvalue weighted by atomic mass is 32.2. The van der Waals surface area contributed by atoms with Crippen LogP contribution >= 0.6 is 23.1 Å². The molecule has 0 radical (unpaired) electrons. The van der Waals surface area contributed by atoms with Crippen LogP contribution in [0.4, 0.5) is 23.1 Å². The van der Waals surface area contributed by atoms with Gasteiger partial charge in [-0.3, -0.25) is 5.32 Å². The quantitative estimate of drug-likeness (QED) is 0.898. The third-order valence-corrected chi connectivity index (χ3v) is 5.43. The maximum absolute atomic E-state index is 12.4. The zero-order chi connectivity index (χ0) is 15.6. The number of nitrogens with zero attached hydrogens (tertiary/aromatic N) is 3. The number of hydrogen-bond donors (Lipinski definition) is 1. The SMILES string of the molecule is CC(C)[C@H]1CN(C(=O)Nc2nnc(C(F)(F)F)s2)CCS1. The largest absolute Gasteiger partial charge is 0.445 e. The summed E-state index contributed by atoms with van der Waals surface area (Å²) in [5.41, 5.74) is 0. The molecule has 1 fully saturated rings. The van der Waals surface area contributed by atoms with E-state index in [4.69, 9.17) is 0 Å². The van der Waals surface area contributed by atoms with Crippen molar-refractivity contribution in [1.29, 1.82) is 0 Å². The van der Waals surface area contributed by atoms with Crippen molar-refractivity contribution in [1.82, 2.24) is 15.1 Å². The number of carbonyl (C=O) groups excluding carboxylic acids is 1. The predicted octanol–water partition coefficient (Wildman–Crippen LogP) is 3.16. The Morgan fingerprint density at radius 1 is 1.43 bits per heavy atom. The number of halogens is 3. The van der Waals surface area contributed by atoms with Crippen LogP contribution in [-0.4, -0.2) is 45.2 Å². The number of aromatic nitrogens is 2. The van der Waals surface area contributed by atoms with Gasteiger partial charge in [0, 0.05) is 24.1 Å². The Bertz CT molecular complexity index is 506. The second-order valence-corrected chi connectivity index (χ2v) is 7.26. The molecule has 1 saturated heterocycles. The summed E-state index contributed by atoms with van der Waals surface area (Å²) in [5, 5.41) is 7.92. The molecular formula is C11H15F3N4OS2. The maximum atomic E-state index is 12.4. The van der Waals surface area contributed by atoms with Crippen molar-refractivity contribution in [2.24, 2.45) is 5.92 Å². The Balaban J connectivity index is 1.96. The highest BCUT2D eigenvalue weighted by Crippen LogP contribution is 2.33. The molecule has 0 spiro atoms. The minimum Gasteiger partial charge on any atom is -0.323 e. The lowest BCUT2D eigenvalue weighted by Gasteiger charge is -2.34. The van der Waals surface area contributed by atoms with Gasteiger partial charge < -0.3 is 4.90 Å². The molecule has 1 aliphatic heterocycles. The monoisotopic (exact) mass is 340 g/mol. The summed E-state index contributed by atoms with van der Waals surface area (Å²) in [6, 6.07) is -0.425. The topological polar surface area (TPSA) is 58.1 Å². The number of nitrogens with one attached hydrogen (secondary N) is 1. The van der Waals surface area contributed by atoms with Gasteiger partial charge in [0.25, 0.3) is 0 Å². The molecule has 1 aromatic rings. The molecule has 2 heterocycles. The van der Waals surface area contributed by atoms with E-state index < -0.39 is 17.2 Å². The molecule has 21 heavy (non-hydrogen) atoms. The van der Waals surface area contributed by atoms with E-state index in [0.29, 0.717) is 35.6 Å². The van der Waals surface area contributed by atoms with Gasteiger partial charge in [0.2, 0.25) is 10.1 Å². The number of urea groups is 1. The Morgan fingerprint density at radius 2 is 2.14 bits per heavy atom. The molecule has 0 unspecified atom stereocenters. The minimum atomic E-state index is -4.54. The van der Waals surface area contributed by atoms with E-state index >= 15 is 0 Å². The van der Waals surface area contributed by atoms with Crippen LogP contribution in [0.3, 0.4) is 0 Å². The zero-order valence-corrected chi connectivity index (χ0v) is 13.1. The van der Waals surface area contributed by atoms with Crippen molar-refractivity contribution in [2.45, 2.75) is 25.3 Å². The fourth-order valence-corrected chi connectivity index (χ4v) is 3.72. The molecule has 0 aliphatic carbocycles. The van der Waals surface area contributed by atoms with Gasteiger partial charge in [-0.2, -0.15) is 24.9 Å². The second-order valence-electron chi connectivity index (χ2n) is 4.94. The first kappa shape index (κ1) is 16.3. The van der Waals surface area contributed by atoms with E-state index in [1.165, 1.54) is 0 Å². The summed E-state index contributed by atoms with van der Waals surface area (Å²) in [4.78, 5) is 13.7. The first-order valence-electron chi connectivity index (χ1n) is 6.35. The van der Waals surface area contributed by atoms with Crippen LogP contribution in [0.5, 0.6) is 0 Å². The number of hydrogen-bond acceptors (Lipinski definition) is 5. The van der Waals surface area contributed by atoms with Crippen LogP contribution in [0, 0.1) is 5.92 Å². The third-order valence-electron chi connectivity index (χ3n) is 3.01. The number of rotatable bonds is 2. The van der Waals surface area contributed by atoms with Crippen molar-refractivity contribution in [3.8, 4) is 0 Å². The van der Waals surface area contributed by atoms with Crippen molar-refractivity contribution < 1.29 is 18.0 Å². The standard InChI is InChI=1S/C11H15F3N4OS2/c1-6(2)7-5-18(3-4-20-7)10(19)15-9-17-16-8(21-9)11(12,13)14/h6-7H,3-5H2,1-2H3,(H,15,17,19)/t7-/m1/s1. The van der Waals surface area contributed by atoms with Crippen LogP contribution in [0.1, 0.15) is 18.9 Å². The fraction of sp³-hybridized carbons (Fsp3) is 0.727. The predicted molar refractivity (Wildman–Crippen MR) is 76.6 cm³/mol. The molecule has 1 aliphatic rings. The Kier molecular flexibility index (Phi) is 4.97. The summed E-state index contributed by atoms with van der Waals surface area (Å²) >= 11 is 2.14. The maximum Gasteiger partial charge on any atom is 0.445 e. The molecule has 118 valence electrons. The van der Waals surface area contributed by atoms with Crippen molar-refractivity contribution in [2.75, 3.05) is 24.2 Å². The molecule has 0 saturated carbocycles. The molecule has 10 heteroatoms. The van der Waals surface area contributed by atoms with E-state index in [9.17, 15) is 18.0 Å². The van der Waals surface area contributed by atoms with Gasteiger partial charge in [-0.05, 0) is 5.92 Å². The molecular weight excluding hydrogens is 325 g/mol. The van der Waals surface area contributed by atoms with E-state index in [2.05, 4.69) is 29.4 Å². The van der Waals surface area contributed by atoms with Crippen LogP contribution in [0.15, 0.2) is 0 Å². The Hall–Kier alpha value is -1.03. The van der Waals surface area contributed by atoms with E-state index in [0.717, 1.165) is 5.75 Å². The molecule has 0 bridgehead atoms. The normalized spacial score (nSPS) is 19.9. The van der Waals surface area contributed by atoms with Crippen LogP contribution in [-0.2, 0) is 6.18 Å². The highest BCUT2D eigenvalue weighted by Gasteiger charge is 2.36. The van der Waals surface area contributed by atoms with E-state index in [-0.39, 0.29) is 5.13 Å². The van der Waals surface area contributed by atoms with Gasteiger partial charge >= 0.3 is 12.2 Å². The average Bonchev–Trinajstić information content (AvgIpc) is 2.87. The van der Waals surface area contributed by atoms with Crippen LogP contribution in [0.2, 0.25) is 0 Å². The van der Waals surface area contributed by atoms with Crippen LogP contribution < -0.4 is 5.32 Å². The molecule has 1 atom stereocenters. The summed E-state index contributed by atoms with van der Waals surface area (Å²) < 4.78 is 37.2. The van der Waals surface area contributed by atoms with Gasteiger partial charge in [0.05, 0.1) is 0 Å². The molecule has 1 N–H and O–H groups in total. The number of anilines is 1. The van der Waals surface area contributed by atoms with Crippen LogP contribution in [0.25, 0.3) is 0 Å². The lowest BCUT2D eigenvalue weighted by Crippen LogP contribution is -2.45. The Morgan fingerprint density at radius 3 is 2.71 bits per heavy atom. The minimum absolute atomic E-state index is 0.133. The van der Waals surface area contributed by atoms with Crippen molar-refractivity contribution in [3.63, 3.8) is 0 Å². The Labute approximate surface area is 128 Å². The third kappa shape index (κ3) is 4.22. The smallest absolute Gasteiger partial charge is 0.323 e. The first-order valence-corrected chi connectivity index (χ1v) is 8.22. The van der Waals surface area contributed by atoms with Crippen molar-refractivity contribution in [3.05, 3.63) is 5.01 Å². The molecule has 5 nitrogen and oxygen atoms in total.